The highest BCUT2D eigenvalue weighted by Gasteiger charge is 2.16. The van der Waals surface area contributed by atoms with Gasteiger partial charge in [-0.2, -0.15) is 0 Å². The smallest absolute Gasteiger partial charge is 0.337 e. The minimum absolute atomic E-state index is 0.0427. The predicted molar refractivity (Wildman–Crippen MR) is 72.3 cm³/mol. The Morgan fingerprint density at radius 3 is 2.70 bits per heavy atom. The predicted octanol–water partition coefficient (Wildman–Crippen LogP) is 2.74. The van der Waals surface area contributed by atoms with Gasteiger partial charge in [-0.15, -0.1) is 0 Å². The van der Waals surface area contributed by atoms with E-state index in [1.54, 1.807) is 12.3 Å². The quantitative estimate of drug-likeness (QED) is 0.655. The van der Waals surface area contributed by atoms with Crippen LogP contribution in [-0.4, -0.2) is 21.0 Å². The summed E-state index contributed by atoms with van der Waals surface area (Å²) in [6.07, 6.45) is 3.13. The Bertz CT molecular complexity index is 685. The Morgan fingerprint density at radius 2 is 2.10 bits per heavy atom. The lowest BCUT2D eigenvalue weighted by Gasteiger charge is -2.11. The summed E-state index contributed by atoms with van der Waals surface area (Å²) in [4.78, 5) is 25.3. The van der Waals surface area contributed by atoms with E-state index in [0.717, 1.165) is 11.6 Å². The van der Waals surface area contributed by atoms with E-state index in [0.29, 0.717) is 5.69 Å². The van der Waals surface area contributed by atoms with E-state index in [9.17, 15) is 14.9 Å². The number of pyridine rings is 1. The molecule has 2 N–H and O–H groups in total. The van der Waals surface area contributed by atoms with E-state index in [1.165, 1.54) is 18.3 Å². The van der Waals surface area contributed by atoms with Crippen molar-refractivity contribution >= 4 is 23.0 Å². The molecule has 0 amide bonds. The second-order valence-electron chi connectivity index (χ2n) is 4.11. The Hall–Kier alpha value is -2.96. The number of non-ortho nitro benzene ring substituents is 1. The number of aromatic nitrogens is 1. The van der Waals surface area contributed by atoms with Crippen LogP contribution in [0.5, 0.6) is 0 Å². The molecule has 0 unspecified atom stereocenters. The molecule has 7 nitrogen and oxygen atoms in total. The molecule has 0 atom stereocenters. The van der Waals surface area contributed by atoms with E-state index in [-0.39, 0.29) is 16.9 Å². The molecule has 2 rings (SSSR count). The highest BCUT2D eigenvalue weighted by atomic mass is 16.6. The van der Waals surface area contributed by atoms with Gasteiger partial charge in [0.25, 0.3) is 5.69 Å². The molecule has 0 aliphatic heterocycles. The second-order valence-corrected chi connectivity index (χ2v) is 4.11. The maximum atomic E-state index is 11.2. The van der Waals surface area contributed by atoms with Crippen LogP contribution >= 0.6 is 0 Å². The number of carboxylic acid groups (broad SMARTS) is 1. The molecule has 0 radical (unpaired) electrons. The highest BCUT2D eigenvalue weighted by Crippen LogP contribution is 2.27. The molecule has 0 spiro atoms. The molecule has 1 heterocycles. The molecule has 102 valence electrons. The number of hydrogen-bond donors (Lipinski definition) is 2. The third-order valence-corrected chi connectivity index (χ3v) is 2.75. The van der Waals surface area contributed by atoms with Crippen LogP contribution in [0.2, 0.25) is 0 Å². The first-order chi connectivity index (χ1) is 9.49. The molecule has 0 aliphatic rings. The van der Waals surface area contributed by atoms with E-state index >= 15 is 0 Å². The SMILES string of the molecule is Cc1ccncc1Nc1cc([N+](=O)[O-])ccc1C(=O)O. The molecular formula is C13H11N3O4. The van der Waals surface area contributed by atoms with Crippen molar-refractivity contribution < 1.29 is 14.8 Å². The van der Waals surface area contributed by atoms with Crippen LogP contribution in [0.25, 0.3) is 0 Å². The monoisotopic (exact) mass is 273 g/mol. The third-order valence-electron chi connectivity index (χ3n) is 2.75. The zero-order valence-corrected chi connectivity index (χ0v) is 10.5. The number of anilines is 2. The molecule has 7 heteroatoms. The molecule has 0 saturated heterocycles. The van der Waals surface area contributed by atoms with Crippen LogP contribution < -0.4 is 5.32 Å². The Morgan fingerprint density at radius 1 is 1.35 bits per heavy atom. The summed E-state index contributed by atoms with van der Waals surface area (Å²) in [5.41, 5.74) is 1.37. The normalized spacial score (nSPS) is 10.1. The summed E-state index contributed by atoms with van der Waals surface area (Å²) in [5.74, 6) is -1.16. The fourth-order valence-electron chi connectivity index (χ4n) is 1.68. The number of nitro groups is 1. The number of nitro benzene ring substituents is 1. The van der Waals surface area contributed by atoms with Crippen LogP contribution in [0.3, 0.4) is 0 Å². The lowest BCUT2D eigenvalue weighted by atomic mass is 10.1. The van der Waals surface area contributed by atoms with Crippen LogP contribution in [0, 0.1) is 17.0 Å². The van der Waals surface area contributed by atoms with Crippen molar-refractivity contribution in [2.24, 2.45) is 0 Å². The van der Waals surface area contributed by atoms with Gasteiger partial charge in [0.15, 0.2) is 0 Å². The van der Waals surface area contributed by atoms with Gasteiger partial charge in [-0.25, -0.2) is 4.79 Å². The number of carbonyl (C=O) groups is 1. The van der Waals surface area contributed by atoms with Gasteiger partial charge in [-0.05, 0) is 24.6 Å². The molecule has 0 saturated carbocycles. The van der Waals surface area contributed by atoms with Gasteiger partial charge in [0.2, 0.25) is 0 Å². The van der Waals surface area contributed by atoms with Crippen LogP contribution in [0.15, 0.2) is 36.7 Å². The van der Waals surface area contributed by atoms with Crippen molar-refractivity contribution in [3.63, 3.8) is 0 Å². The molecule has 0 bridgehead atoms. The van der Waals surface area contributed by atoms with Gasteiger partial charge >= 0.3 is 5.97 Å². The largest absolute Gasteiger partial charge is 0.478 e. The van der Waals surface area contributed by atoms with Gasteiger partial charge in [0.1, 0.15) is 0 Å². The van der Waals surface area contributed by atoms with Crippen LogP contribution in [0.1, 0.15) is 15.9 Å². The Labute approximate surface area is 114 Å². The fourth-order valence-corrected chi connectivity index (χ4v) is 1.68. The number of aryl methyl sites for hydroxylation is 1. The van der Waals surface area contributed by atoms with Gasteiger partial charge < -0.3 is 10.4 Å². The van der Waals surface area contributed by atoms with Gasteiger partial charge in [0, 0.05) is 18.3 Å². The number of aromatic carboxylic acids is 1. The molecular weight excluding hydrogens is 262 g/mol. The van der Waals surface area contributed by atoms with Gasteiger partial charge in [-0.1, -0.05) is 0 Å². The van der Waals surface area contributed by atoms with Crippen LogP contribution in [0.4, 0.5) is 17.1 Å². The first-order valence-electron chi connectivity index (χ1n) is 5.68. The lowest BCUT2D eigenvalue weighted by Crippen LogP contribution is -2.04. The first kappa shape index (κ1) is 13.5. The molecule has 0 aliphatic carbocycles. The van der Waals surface area contributed by atoms with Gasteiger partial charge in [-0.3, -0.25) is 15.1 Å². The maximum Gasteiger partial charge on any atom is 0.337 e. The number of hydrogen-bond acceptors (Lipinski definition) is 5. The average Bonchev–Trinajstić information content (AvgIpc) is 2.41. The van der Waals surface area contributed by atoms with Crippen molar-refractivity contribution in [2.75, 3.05) is 5.32 Å². The molecule has 2 aromatic rings. The van der Waals surface area contributed by atoms with Crippen molar-refractivity contribution in [1.29, 1.82) is 0 Å². The first-order valence-corrected chi connectivity index (χ1v) is 5.68. The highest BCUT2D eigenvalue weighted by molar-refractivity contribution is 5.95. The summed E-state index contributed by atoms with van der Waals surface area (Å²) in [7, 11) is 0. The molecule has 1 aromatic carbocycles. The summed E-state index contributed by atoms with van der Waals surface area (Å²) < 4.78 is 0. The molecule has 0 fully saturated rings. The average molecular weight is 273 g/mol. The number of benzene rings is 1. The summed E-state index contributed by atoms with van der Waals surface area (Å²) in [6.45, 7) is 1.82. The maximum absolute atomic E-state index is 11.2. The van der Waals surface area contributed by atoms with E-state index < -0.39 is 10.9 Å². The van der Waals surface area contributed by atoms with Crippen molar-refractivity contribution in [3.8, 4) is 0 Å². The lowest BCUT2D eigenvalue weighted by molar-refractivity contribution is -0.384. The molecule has 1 aromatic heterocycles. The van der Waals surface area contributed by atoms with E-state index in [4.69, 9.17) is 5.11 Å². The number of rotatable bonds is 4. The third kappa shape index (κ3) is 2.72. The fraction of sp³-hybridized carbons (Fsp3) is 0.0769. The minimum atomic E-state index is -1.16. The van der Waals surface area contributed by atoms with Crippen molar-refractivity contribution in [1.82, 2.24) is 4.98 Å². The van der Waals surface area contributed by atoms with Crippen LogP contribution in [-0.2, 0) is 0 Å². The number of carboxylic acids is 1. The standard InChI is InChI=1S/C13H11N3O4/c1-8-4-5-14-7-12(8)15-11-6-9(16(19)20)2-3-10(11)13(17)18/h2-7,15H,1H3,(H,17,18). The zero-order chi connectivity index (χ0) is 14.7. The van der Waals surface area contributed by atoms with E-state index in [2.05, 4.69) is 10.3 Å². The van der Waals surface area contributed by atoms with Crippen molar-refractivity contribution in [3.05, 3.63) is 57.9 Å². The zero-order valence-electron chi connectivity index (χ0n) is 10.5. The number of nitrogens with one attached hydrogen (secondary N) is 1. The summed E-state index contributed by atoms with van der Waals surface area (Å²) in [5, 5.41) is 22.8. The Balaban J connectivity index is 2.48. The topological polar surface area (TPSA) is 105 Å². The van der Waals surface area contributed by atoms with Crippen molar-refractivity contribution in [2.45, 2.75) is 6.92 Å². The van der Waals surface area contributed by atoms with E-state index in [1.807, 2.05) is 6.92 Å². The summed E-state index contributed by atoms with van der Waals surface area (Å²) in [6, 6.07) is 5.30. The number of nitrogens with zero attached hydrogens (tertiary/aromatic N) is 2. The molecule has 20 heavy (non-hydrogen) atoms. The second kappa shape index (κ2) is 5.35. The minimum Gasteiger partial charge on any atom is -0.478 e. The van der Waals surface area contributed by atoms with Gasteiger partial charge in [0.05, 0.1) is 28.1 Å². The Kier molecular flexibility index (Phi) is 3.60. The summed E-state index contributed by atoms with van der Waals surface area (Å²) >= 11 is 0.